The summed E-state index contributed by atoms with van der Waals surface area (Å²) in [4.78, 5) is 25.4. The molecule has 1 aromatic heterocycles. The van der Waals surface area contributed by atoms with Gasteiger partial charge in [0.25, 0.3) is 0 Å². The lowest BCUT2D eigenvalue weighted by atomic mass is 10.0. The third kappa shape index (κ3) is 4.52. The van der Waals surface area contributed by atoms with Crippen LogP contribution < -0.4 is 0 Å². The summed E-state index contributed by atoms with van der Waals surface area (Å²) in [5, 5.41) is 9.31. The summed E-state index contributed by atoms with van der Waals surface area (Å²) < 4.78 is 12.3. The zero-order chi connectivity index (χ0) is 15.3. The molecular weight excluding hydrogens is 289 g/mol. The van der Waals surface area contributed by atoms with Crippen molar-refractivity contribution in [2.24, 2.45) is 0 Å². The molecule has 2 atom stereocenters. The number of hydrogen-bond acceptors (Lipinski definition) is 3. The predicted molar refractivity (Wildman–Crippen MR) is 79.5 cm³/mol. The highest BCUT2D eigenvalue weighted by Gasteiger charge is 2.30. The third-order valence-electron chi connectivity index (χ3n) is 3.12. The van der Waals surface area contributed by atoms with E-state index in [1.807, 2.05) is 0 Å². The molecule has 110 valence electrons. The fourth-order valence-corrected chi connectivity index (χ4v) is 3.96. The van der Waals surface area contributed by atoms with Crippen molar-refractivity contribution in [3.8, 4) is 0 Å². The second-order valence-corrected chi connectivity index (χ2v) is 7.22. The fraction of sp³-hybridized carbons (Fsp3) is 0.200. The van der Waals surface area contributed by atoms with Gasteiger partial charge in [0.15, 0.2) is 0 Å². The molecule has 0 saturated carbocycles. The number of nitrogens with zero attached hydrogens (tertiary/aromatic N) is 1. The van der Waals surface area contributed by atoms with Gasteiger partial charge in [-0.15, -0.1) is 0 Å². The predicted octanol–water partition coefficient (Wildman–Crippen LogP) is 2.72. The van der Waals surface area contributed by atoms with Gasteiger partial charge in [-0.1, -0.05) is 36.4 Å². The van der Waals surface area contributed by atoms with E-state index < -0.39 is 19.3 Å². The molecule has 2 aromatic rings. The largest absolute Gasteiger partial charge is 0.481 e. The summed E-state index contributed by atoms with van der Waals surface area (Å²) in [5.74, 6) is -2.08. The van der Waals surface area contributed by atoms with Crippen LogP contribution in [0.25, 0.3) is 0 Å². The highest BCUT2D eigenvalue weighted by atomic mass is 31.2. The Morgan fingerprint density at radius 1 is 1.19 bits per heavy atom. The molecule has 0 saturated heterocycles. The Bertz CT molecular complexity index is 645. The molecule has 5 nitrogen and oxygen atoms in total. The van der Waals surface area contributed by atoms with Gasteiger partial charge in [0.05, 0.1) is 12.1 Å². The minimum absolute atomic E-state index is 0.0720. The third-order valence-corrected chi connectivity index (χ3v) is 4.92. The van der Waals surface area contributed by atoms with Gasteiger partial charge in [0, 0.05) is 18.6 Å². The van der Waals surface area contributed by atoms with Crippen molar-refractivity contribution in [1.29, 1.82) is 0 Å². The number of rotatable bonds is 6. The minimum Gasteiger partial charge on any atom is -0.481 e. The monoisotopic (exact) mass is 305 g/mol. The first-order valence-electron chi connectivity index (χ1n) is 6.45. The minimum atomic E-state index is -3.61. The summed E-state index contributed by atoms with van der Waals surface area (Å²) in [7, 11) is -3.61. The number of aliphatic carboxylic acids is 1. The normalized spacial score (nSPS) is 15.1. The molecule has 0 amide bonds. The van der Waals surface area contributed by atoms with E-state index in [9.17, 15) is 19.4 Å². The molecule has 0 aliphatic carbocycles. The number of carbonyl (C=O) groups is 1. The Labute approximate surface area is 122 Å². The first-order valence-corrected chi connectivity index (χ1v) is 8.48. The van der Waals surface area contributed by atoms with Gasteiger partial charge in [-0.2, -0.15) is 0 Å². The summed E-state index contributed by atoms with van der Waals surface area (Å²) >= 11 is 0. The molecule has 0 aliphatic rings. The van der Waals surface area contributed by atoms with Crippen LogP contribution in [0.1, 0.15) is 17.0 Å². The maximum Gasteiger partial charge on any atom is 0.311 e. The Morgan fingerprint density at radius 2 is 1.90 bits per heavy atom. The van der Waals surface area contributed by atoms with Gasteiger partial charge in [0.1, 0.15) is 0 Å². The van der Waals surface area contributed by atoms with E-state index in [-0.39, 0.29) is 12.3 Å². The zero-order valence-electron chi connectivity index (χ0n) is 11.3. The van der Waals surface area contributed by atoms with Crippen LogP contribution in [0.4, 0.5) is 0 Å². The van der Waals surface area contributed by atoms with Crippen molar-refractivity contribution in [3.63, 3.8) is 0 Å². The van der Waals surface area contributed by atoms with Crippen LogP contribution in [0, 0.1) is 0 Å². The van der Waals surface area contributed by atoms with E-state index in [0.717, 1.165) is 0 Å². The van der Waals surface area contributed by atoms with Gasteiger partial charge in [0.2, 0.25) is 7.37 Å². The van der Waals surface area contributed by atoms with Crippen molar-refractivity contribution in [2.45, 2.75) is 12.1 Å². The molecule has 0 bridgehead atoms. The average molecular weight is 305 g/mol. The van der Waals surface area contributed by atoms with Crippen molar-refractivity contribution < 1.29 is 19.4 Å². The van der Waals surface area contributed by atoms with Gasteiger partial charge in [-0.25, -0.2) is 0 Å². The molecule has 6 heteroatoms. The number of carboxylic acid groups (broad SMARTS) is 1. The Morgan fingerprint density at radius 3 is 2.48 bits per heavy atom. The fourth-order valence-electron chi connectivity index (χ4n) is 2.14. The summed E-state index contributed by atoms with van der Waals surface area (Å²) in [5.41, 5.74) is 1.16. The summed E-state index contributed by atoms with van der Waals surface area (Å²) in [6, 6.07) is 11.9. The lowest BCUT2D eigenvalue weighted by Gasteiger charge is -2.17. The second-order valence-electron chi connectivity index (χ2n) is 4.85. The molecule has 1 heterocycles. The van der Waals surface area contributed by atoms with Crippen LogP contribution in [-0.2, 0) is 15.5 Å². The maximum absolute atomic E-state index is 12.3. The Hall–Kier alpha value is -1.97. The lowest BCUT2D eigenvalue weighted by Crippen LogP contribution is -2.16. The first kappa shape index (κ1) is 15.4. The van der Waals surface area contributed by atoms with E-state index in [0.29, 0.717) is 11.1 Å². The highest BCUT2D eigenvalue weighted by molar-refractivity contribution is 7.57. The van der Waals surface area contributed by atoms with Crippen LogP contribution in [0.2, 0.25) is 0 Å². The van der Waals surface area contributed by atoms with Crippen molar-refractivity contribution in [3.05, 3.63) is 66.0 Å². The van der Waals surface area contributed by atoms with Gasteiger partial charge in [-0.3, -0.25) is 14.3 Å². The number of benzene rings is 1. The number of pyridine rings is 1. The molecule has 0 radical (unpaired) electrons. The Kier molecular flexibility index (Phi) is 4.89. The van der Waals surface area contributed by atoms with E-state index in [1.165, 1.54) is 6.20 Å². The first-order chi connectivity index (χ1) is 9.98. The standard InChI is InChI=1S/C15H16NO4P/c17-15(18)14(13-6-2-1-3-7-13)11-21(19,20)10-12-5-4-8-16-9-12/h1-9,14H,10-11H2,(H,17,18)(H,19,20). The smallest absolute Gasteiger partial charge is 0.311 e. The van der Waals surface area contributed by atoms with E-state index >= 15 is 0 Å². The molecular formula is C15H16NO4P. The van der Waals surface area contributed by atoms with E-state index in [2.05, 4.69) is 4.98 Å². The van der Waals surface area contributed by atoms with Gasteiger partial charge in [-0.05, 0) is 17.2 Å². The topological polar surface area (TPSA) is 87.5 Å². The molecule has 21 heavy (non-hydrogen) atoms. The maximum atomic E-state index is 12.3. The second kappa shape index (κ2) is 6.66. The zero-order valence-corrected chi connectivity index (χ0v) is 12.2. The lowest BCUT2D eigenvalue weighted by molar-refractivity contribution is -0.138. The van der Waals surface area contributed by atoms with Crippen LogP contribution >= 0.6 is 7.37 Å². The molecule has 2 unspecified atom stereocenters. The average Bonchev–Trinajstić information content (AvgIpc) is 2.46. The van der Waals surface area contributed by atoms with Crippen molar-refractivity contribution in [2.75, 3.05) is 6.16 Å². The number of aromatic nitrogens is 1. The van der Waals surface area contributed by atoms with Crippen LogP contribution in [0.5, 0.6) is 0 Å². The van der Waals surface area contributed by atoms with Crippen LogP contribution in [0.15, 0.2) is 54.9 Å². The Balaban J connectivity index is 2.16. The molecule has 0 aliphatic heterocycles. The van der Waals surface area contributed by atoms with Crippen molar-refractivity contribution in [1.82, 2.24) is 4.98 Å². The molecule has 1 aromatic carbocycles. The van der Waals surface area contributed by atoms with Crippen molar-refractivity contribution >= 4 is 13.3 Å². The van der Waals surface area contributed by atoms with Gasteiger partial charge < -0.3 is 10.00 Å². The van der Waals surface area contributed by atoms with Crippen LogP contribution in [-0.4, -0.2) is 27.1 Å². The SMILES string of the molecule is O=C(O)C(CP(=O)(O)Cc1cccnc1)c1ccccc1. The van der Waals surface area contributed by atoms with Crippen LogP contribution in [0.3, 0.4) is 0 Å². The summed E-state index contributed by atoms with van der Waals surface area (Å²) in [6.07, 6.45) is 2.73. The quantitative estimate of drug-likeness (QED) is 0.801. The highest BCUT2D eigenvalue weighted by Crippen LogP contribution is 2.48. The summed E-state index contributed by atoms with van der Waals surface area (Å²) in [6.45, 7) is 0. The van der Waals surface area contributed by atoms with E-state index in [4.69, 9.17) is 0 Å². The molecule has 0 fully saturated rings. The molecule has 2 rings (SSSR count). The van der Waals surface area contributed by atoms with Gasteiger partial charge >= 0.3 is 5.97 Å². The number of hydrogen-bond donors (Lipinski definition) is 2. The number of carboxylic acids is 1. The molecule has 2 N–H and O–H groups in total. The molecule has 0 spiro atoms. The van der Waals surface area contributed by atoms with E-state index in [1.54, 1.807) is 48.7 Å².